The van der Waals surface area contributed by atoms with Gasteiger partial charge in [0.2, 0.25) is 17.5 Å². The standard InChI is InChI=1S/C24H19N3O6S/c1-14(28)25-15-9-11-18(12-10-15)34(32,33)27-22-21(26-16-5-4-6-17(29)13-16)23(30)19-7-2-3-8-20(19)24(22)31/h2-13,26-27,29H,1H3,(H,25,28). The van der Waals surface area contributed by atoms with Crippen LogP contribution in [0.5, 0.6) is 5.75 Å². The second-order valence-electron chi connectivity index (χ2n) is 7.44. The molecule has 0 atom stereocenters. The predicted octanol–water partition coefficient (Wildman–Crippen LogP) is 3.03. The number of allylic oxidation sites excluding steroid dienone is 2. The number of anilines is 2. The number of sulfonamides is 1. The Labute approximate surface area is 195 Å². The minimum absolute atomic E-state index is 0.0627. The van der Waals surface area contributed by atoms with Gasteiger partial charge in [-0.3, -0.25) is 19.1 Å². The number of aromatic hydroxyl groups is 1. The van der Waals surface area contributed by atoms with Gasteiger partial charge in [0.25, 0.3) is 10.0 Å². The lowest BCUT2D eigenvalue weighted by atomic mass is 9.90. The van der Waals surface area contributed by atoms with E-state index in [2.05, 4.69) is 15.4 Å². The summed E-state index contributed by atoms with van der Waals surface area (Å²) in [6, 6.07) is 17.3. The van der Waals surface area contributed by atoms with Gasteiger partial charge in [0.15, 0.2) is 0 Å². The minimum Gasteiger partial charge on any atom is -0.508 e. The van der Waals surface area contributed by atoms with Crippen molar-refractivity contribution in [2.75, 3.05) is 10.6 Å². The summed E-state index contributed by atoms with van der Waals surface area (Å²) in [6.07, 6.45) is 0. The van der Waals surface area contributed by atoms with Crippen LogP contribution in [-0.4, -0.2) is 31.0 Å². The van der Waals surface area contributed by atoms with Crippen LogP contribution in [0.2, 0.25) is 0 Å². The van der Waals surface area contributed by atoms with Gasteiger partial charge in [-0.1, -0.05) is 30.3 Å². The van der Waals surface area contributed by atoms with Crippen LogP contribution in [0.3, 0.4) is 0 Å². The Bertz CT molecular complexity index is 1460. The highest BCUT2D eigenvalue weighted by molar-refractivity contribution is 7.89. The molecule has 34 heavy (non-hydrogen) atoms. The minimum atomic E-state index is -4.28. The normalized spacial score (nSPS) is 13.3. The van der Waals surface area contributed by atoms with Crippen molar-refractivity contribution in [3.05, 3.63) is 95.3 Å². The molecule has 3 aromatic rings. The van der Waals surface area contributed by atoms with Crippen LogP contribution in [0.25, 0.3) is 0 Å². The number of hydrogen-bond acceptors (Lipinski definition) is 7. The van der Waals surface area contributed by atoms with E-state index in [1.165, 1.54) is 61.5 Å². The van der Waals surface area contributed by atoms with Gasteiger partial charge in [0.1, 0.15) is 17.1 Å². The second-order valence-corrected chi connectivity index (χ2v) is 9.12. The number of hydrogen-bond donors (Lipinski definition) is 4. The van der Waals surface area contributed by atoms with Crippen molar-refractivity contribution >= 4 is 38.9 Å². The number of carbonyl (C=O) groups excluding carboxylic acids is 3. The summed E-state index contributed by atoms with van der Waals surface area (Å²) in [5.74, 6) is -1.66. The maximum absolute atomic E-state index is 13.2. The number of amides is 1. The van der Waals surface area contributed by atoms with Crippen LogP contribution >= 0.6 is 0 Å². The molecule has 0 bridgehead atoms. The number of Topliss-reactive ketones (excluding diaryl/α,β-unsaturated/α-hetero) is 2. The van der Waals surface area contributed by atoms with Crippen molar-refractivity contribution in [3.63, 3.8) is 0 Å². The van der Waals surface area contributed by atoms with Crippen LogP contribution in [0.4, 0.5) is 11.4 Å². The first kappa shape index (κ1) is 22.7. The molecule has 1 amide bonds. The van der Waals surface area contributed by atoms with E-state index in [-0.39, 0.29) is 39.1 Å². The second kappa shape index (κ2) is 8.83. The Morgan fingerprint density at radius 1 is 0.794 bits per heavy atom. The molecule has 0 fully saturated rings. The number of nitrogens with one attached hydrogen (secondary N) is 3. The molecule has 0 heterocycles. The first-order valence-corrected chi connectivity index (χ1v) is 11.5. The molecule has 10 heteroatoms. The van der Waals surface area contributed by atoms with Crippen molar-refractivity contribution in [1.29, 1.82) is 0 Å². The third-order valence-electron chi connectivity index (χ3n) is 4.96. The van der Waals surface area contributed by atoms with E-state index in [0.29, 0.717) is 5.69 Å². The van der Waals surface area contributed by atoms with E-state index in [0.717, 1.165) is 0 Å². The first-order valence-electron chi connectivity index (χ1n) is 10.0. The zero-order chi connectivity index (χ0) is 24.5. The van der Waals surface area contributed by atoms with Crippen molar-refractivity contribution in [2.45, 2.75) is 11.8 Å². The highest BCUT2D eigenvalue weighted by Gasteiger charge is 2.35. The van der Waals surface area contributed by atoms with Crippen molar-refractivity contribution in [2.24, 2.45) is 0 Å². The number of phenols is 1. The van der Waals surface area contributed by atoms with E-state index in [9.17, 15) is 27.9 Å². The molecule has 4 rings (SSSR count). The largest absolute Gasteiger partial charge is 0.508 e. The molecule has 0 aliphatic heterocycles. The van der Waals surface area contributed by atoms with Gasteiger partial charge in [-0.05, 0) is 36.4 Å². The zero-order valence-corrected chi connectivity index (χ0v) is 18.6. The molecule has 3 aromatic carbocycles. The summed E-state index contributed by atoms with van der Waals surface area (Å²) >= 11 is 0. The van der Waals surface area contributed by atoms with Gasteiger partial charge >= 0.3 is 0 Å². The summed E-state index contributed by atoms with van der Waals surface area (Å²) in [6.45, 7) is 1.32. The SMILES string of the molecule is CC(=O)Nc1ccc(S(=O)(=O)NC2=C(Nc3cccc(O)c3)C(=O)c3ccccc3C2=O)cc1. The fourth-order valence-corrected chi connectivity index (χ4v) is 4.51. The number of phenolic OH excluding ortho intramolecular Hbond substituents is 1. The smallest absolute Gasteiger partial charge is 0.262 e. The molecule has 0 aromatic heterocycles. The van der Waals surface area contributed by atoms with E-state index >= 15 is 0 Å². The molecule has 0 spiro atoms. The average molecular weight is 477 g/mol. The summed E-state index contributed by atoms with van der Waals surface area (Å²) in [5.41, 5.74) is 0.151. The number of benzene rings is 3. The number of rotatable bonds is 6. The van der Waals surface area contributed by atoms with Gasteiger partial charge < -0.3 is 15.7 Å². The number of carbonyl (C=O) groups is 3. The Kier molecular flexibility index (Phi) is 5.91. The molecular weight excluding hydrogens is 458 g/mol. The molecule has 9 nitrogen and oxygen atoms in total. The third kappa shape index (κ3) is 4.52. The van der Waals surface area contributed by atoms with Crippen LogP contribution in [-0.2, 0) is 14.8 Å². The van der Waals surface area contributed by atoms with Gasteiger partial charge in [-0.2, -0.15) is 0 Å². The summed E-state index contributed by atoms with van der Waals surface area (Å²) in [5, 5.41) is 15.1. The van der Waals surface area contributed by atoms with E-state index in [4.69, 9.17) is 0 Å². The predicted molar refractivity (Wildman–Crippen MR) is 125 cm³/mol. The monoisotopic (exact) mass is 477 g/mol. The van der Waals surface area contributed by atoms with Crippen LogP contribution < -0.4 is 15.4 Å². The van der Waals surface area contributed by atoms with E-state index < -0.39 is 27.3 Å². The van der Waals surface area contributed by atoms with E-state index in [1.54, 1.807) is 18.2 Å². The third-order valence-corrected chi connectivity index (χ3v) is 6.32. The molecule has 0 saturated heterocycles. The van der Waals surface area contributed by atoms with Gasteiger partial charge in [-0.25, -0.2) is 8.42 Å². The van der Waals surface area contributed by atoms with Crippen molar-refractivity contribution < 1.29 is 27.9 Å². The summed E-state index contributed by atoms with van der Waals surface area (Å²) in [7, 11) is -4.28. The molecule has 0 saturated carbocycles. The fraction of sp³-hybridized carbons (Fsp3) is 0.0417. The number of ketones is 2. The average Bonchev–Trinajstić information content (AvgIpc) is 2.80. The highest BCUT2D eigenvalue weighted by atomic mass is 32.2. The van der Waals surface area contributed by atoms with Crippen LogP contribution in [0.15, 0.2) is 89.1 Å². The fourth-order valence-electron chi connectivity index (χ4n) is 3.43. The Balaban J connectivity index is 1.76. The summed E-state index contributed by atoms with van der Waals surface area (Å²) in [4.78, 5) is 37.5. The Morgan fingerprint density at radius 2 is 1.41 bits per heavy atom. The lowest BCUT2D eigenvalue weighted by Gasteiger charge is -2.23. The number of fused-ring (bicyclic) bond motifs is 1. The molecule has 1 aliphatic carbocycles. The van der Waals surface area contributed by atoms with Crippen molar-refractivity contribution in [3.8, 4) is 5.75 Å². The maximum Gasteiger partial charge on any atom is 0.262 e. The molecule has 1 aliphatic rings. The highest BCUT2D eigenvalue weighted by Crippen LogP contribution is 2.28. The van der Waals surface area contributed by atoms with Gasteiger partial charge in [0, 0.05) is 35.5 Å². The Hall–Kier alpha value is -4.44. The van der Waals surface area contributed by atoms with Crippen LogP contribution in [0, 0.1) is 0 Å². The topological polar surface area (TPSA) is 142 Å². The molecule has 172 valence electrons. The molecular formula is C24H19N3O6S. The molecule has 0 radical (unpaired) electrons. The zero-order valence-electron chi connectivity index (χ0n) is 17.8. The molecule has 0 unspecified atom stereocenters. The quantitative estimate of drug-likeness (QED) is 0.427. The van der Waals surface area contributed by atoms with E-state index in [1.807, 2.05) is 0 Å². The first-order chi connectivity index (χ1) is 16.2. The van der Waals surface area contributed by atoms with Gasteiger partial charge in [-0.15, -0.1) is 0 Å². The maximum atomic E-state index is 13.2. The lowest BCUT2D eigenvalue weighted by molar-refractivity contribution is -0.114. The van der Waals surface area contributed by atoms with Gasteiger partial charge in [0.05, 0.1) is 4.90 Å². The van der Waals surface area contributed by atoms with Crippen molar-refractivity contribution in [1.82, 2.24) is 4.72 Å². The van der Waals surface area contributed by atoms with Crippen LogP contribution in [0.1, 0.15) is 27.6 Å². The Morgan fingerprint density at radius 3 is 2.00 bits per heavy atom. The summed E-state index contributed by atoms with van der Waals surface area (Å²) < 4.78 is 28.4. The molecule has 4 N–H and O–H groups in total. The lowest BCUT2D eigenvalue weighted by Crippen LogP contribution is -2.36.